The minimum absolute atomic E-state index is 0.0220. The van der Waals surface area contributed by atoms with Gasteiger partial charge in [0.1, 0.15) is 5.69 Å². The van der Waals surface area contributed by atoms with Crippen molar-refractivity contribution in [2.75, 3.05) is 13.1 Å². The molecule has 1 aromatic heterocycles. The molecule has 1 unspecified atom stereocenters. The number of benzene rings is 1. The fraction of sp³-hybridized carbons (Fsp3) is 0.542. The monoisotopic (exact) mass is 410 g/mol. The largest absolute Gasteiger partial charge is 0.351 e. The first-order chi connectivity index (χ1) is 14.4. The van der Waals surface area contributed by atoms with E-state index in [2.05, 4.69) is 48.4 Å². The quantitative estimate of drug-likeness (QED) is 0.688. The Kier molecular flexibility index (Phi) is 7.29. The normalized spacial score (nSPS) is 19.8. The number of carbonyl (C=O) groups is 2. The number of H-pyrrole nitrogens is 1. The van der Waals surface area contributed by atoms with E-state index in [9.17, 15) is 9.59 Å². The molecule has 162 valence electrons. The maximum atomic E-state index is 13.3. The van der Waals surface area contributed by atoms with Crippen molar-refractivity contribution in [1.29, 1.82) is 0 Å². The van der Waals surface area contributed by atoms with Crippen molar-refractivity contribution < 1.29 is 9.59 Å². The molecule has 30 heavy (non-hydrogen) atoms. The molecule has 2 heterocycles. The minimum atomic E-state index is -0.0988. The van der Waals surface area contributed by atoms with Crippen molar-refractivity contribution in [1.82, 2.24) is 20.4 Å². The number of rotatable bonds is 8. The Morgan fingerprint density at radius 1 is 1.20 bits per heavy atom. The zero-order valence-corrected chi connectivity index (χ0v) is 18.5. The molecule has 3 rings (SSSR count). The maximum Gasteiger partial charge on any atom is 0.272 e. The molecule has 0 bridgehead atoms. The lowest BCUT2D eigenvalue weighted by molar-refractivity contribution is -0.125. The predicted octanol–water partition coefficient (Wildman–Crippen LogP) is 4.08. The third-order valence-corrected chi connectivity index (χ3v) is 6.11. The summed E-state index contributed by atoms with van der Waals surface area (Å²) in [5.41, 5.74) is 2.63. The van der Waals surface area contributed by atoms with Crippen molar-refractivity contribution in [3.05, 3.63) is 53.3 Å². The first kappa shape index (κ1) is 22.1. The van der Waals surface area contributed by atoms with Crippen LogP contribution in [0.4, 0.5) is 0 Å². The summed E-state index contributed by atoms with van der Waals surface area (Å²) in [7, 11) is 0. The van der Waals surface area contributed by atoms with Crippen LogP contribution in [0, 0.1) is 5.92 Å². The van der Waals surface area contributed by atoms with Crippen LogP contribution in [0.5, 0.6) is 0 Å². The van der Waals surface area contributed by atoms with E-state index in [0.29, 0.717) is 18.8 Å². The van der Waals surface area contributed by atoms with Crippen molar-refractivity contribution >= 4 is 11.8 Å². The van der Waals surface area contributed by atoms with Crippen molar-refractivity contribution in [3.8, 4) is 0 Å². The molecule has 0 spiro atoms. The highest BCUT2D eigenvalue weighted by atomic mass is 16.2. The molecule has 3 atom stereocenters. The molecule has 2 amide bonds. The second-order valence-corrected chi connectivity index (χ2v) is 8.74. The first-order valence-electron chi connectivity index (χ1n) is 11.1. The summed E-state index contributed by atoms with van der Waals surface area (Å²) in [5, 5.41) is 10.2. The maximum absolute atomic E-state index is 13.3. The van der Waals surface area contributed by atoms with Gasteiger partial charge in [0.15, 0.2) is 0 Å². The van der Waals surface area contributed by atoms with Crippen LogP contribution < -0.4 is 5.32 Å². The van der Waals surface area contributed by atoms with Gasteiger partial charge >= 0.3 is 0 Å². The molecule has 2 aromatic rings. The molecule has 1 aromatic carbocycles. The second kappa shape index (κ2) is 9.92. The van der Waals surface area contributed by atoms with E-state index in [4.69, 9.17) is 0 Å². The number of nitrogens with zero attached hydrogens (tertiary/aromatic N) is 2. The lowest BCUT2D eigenvalue weighted by Crippen LogP contribution is -2.42. The van der Waals surface area contributed by atoms with E-state index in [-0.39, 0.29) is 35.6 Å². The third-order valence-electron chi connectivity index (χ3n) is 6.11. The van der Waals surface area contributed by atoms with Crippen LogP contribution in [-0.4, -0.2) is 46.0 Å². The summed E-state index contributed by atoms with van der Waals surface area (Å²) in [6.45, 7) is 9.31. The van der Waals surface area contributed by atoms with Gasteiger partial charge in [-0.3, -0.25) is 14.7 Å². The molecule has 0 radical (unpaired) electrons. The van der Waals surface area contributed by atoms with E-state index in [1.165, 1.54) is 0 Å². The van der Waals surface area contributed by atoms with Crippen LogP contribution in [0.3, 0.4) is 0 Å². The average molecular weight is 411 g/mol. The predicted molar refractivity (Wildman–Crippen MR) is 118 cm³/mol. The summed E-state index contributed by atoms with van der Waals surface area (Å²) in [4.78, 5) is 27.9. The first-order valence-corrected chi connectivity index (χ1v) is 11.1. The second-order valence-electron chi connectivity index (χ2n) is 8.74. The topological polar surface area (TPSA) is 78.1 Å². The molecule has 0 aliphatic carbocycles. The van der Waals surface area contributed by atoms with Gasteiger partial charge in [-0.2, -0.15) is 5.10 Å². The van der Waals surface area contributed by atoms with Gasteiger partial charge < -0.3 is 10.2 Å². The number of aromatic nitrogens is 2. The highest BCUT2D eigenvalue weighted by molar-refractivity contribution is 5.94. The average Bonchev–Trinajstić information content (AvgIpc) is 3.39. The van der Waals surface area contributed by atoms with Crippen LogP contribution in [0.15, 0.2) is 36.5 Å². The van der Waals surface area contributed by atoms with Gasteiger partial charge in [-0.1, -0.05) is 70.9 Å². The van der Waals surface area contributed by atoms with Gasteiger partial charge in [0.25, 0.3) is 5.91 Å². The molecule has 2 N–H and O–H groups in total. The van der Waals surface area contributed by atoms with Gasteiger partial charge in [-0.25, -0.2) is 0 Å². The number of hydrogen-bond donors (Lipinski definition) is 2. The zero-order valence-electron chi connectivity index (χ0n) is 18.5. The fourth-order valence-electron chi connectivity index (χ4n) is 4.18. The SMILES string of the molecule is CCCCC(C)C(=O)N[C@@H]1CN(C(=O)c2[nH]ncc2C(C)C)C[C@H]1c1ccccc1. The van der Waals surface area contributed by atoms with E-state index >= 15 is 0 Å². The van der Waals surface area contributed by atoms with Crippen LogP contribution in [-0.2, 0) is 4.79 Å². The molecule has 1 aliphatic heterocycles. The summed E-state index contributed by atoms with van der Waals surface area (Å²) in [6, 6.07) is 10.1. The molecule has 0 saturated carbocycles. The van der Waals surface area contributed by atoms with E-state index in [1.807, 2.05) is 30.0 Å². The van der Waals surface area contributed by atoms with Gasteiger partial charge in [-0.05, 0) is 17.9 Å². The Morgan fingerprint density at radius 3 is 2.60 bits per heavy atom. The molecule has 6 heteroatoms. The lowest BCUT2D eigenvalue weighted by Gasteiger charge is -2.22. The summed E-state index contributed by atoms with van der Waals surface area (Å²) < 4.78 is 0. The number of aromatic amines is 1. The van der Waals surface area contributed by atoms with Gasteiger partial charge in [0, 0.05) is 30.5 Å². The van der Waals surface area contributed by atoms with Gasteiger partial charge in [0.05, 0.1) is 12.2 Å². The summed E-state index contributed by atoms with van der Waals surface area (Å²) >= 11 is 0. The lowest BCUT2D eigenvalue weighted by atomic mass is 9.93. The number of carbonyl (C=O) groups excluding carboxylic acids is 2. The van der Waals surface area contributed by atoms with E-state index < -0.39 is 0 Å². The van der Waals surface area contributed by atoms with Crippen LogP contribution in [0.2, 0.25) is 0 Å². The Morgan fingerprint density at radius 2 is 1.93 bits per heavy atom. The molecular weight excluding hydrogens is 376 g/mol. The van der Waals surface area contributed by atoms with Crippen LogP contribution >= 0.6 is 0 Å². The number of unbranched alkanes of at least 4 members (excludes halogenated alkanes) is 1. The minimum Gasteiger partial charge on any atom is -0.351 e. The standard InChI is InChI=1S/C24H34N4O2/c1-5-6-10-17(4)23(29)26-21-15-28(14-20(21)18-11-8-7-9-12-18)24(30)22-19(16(2)3)13-25-27-22/h7-9,11-13,16-17,20-21H,5-6,10,14-15H2,1-4H3,(H,25,27)(H,26,29)/t17?,20-,21+/m0/s1. The number of hydrogen-bond acceptors (Lipinski definition) is 3. The van der Waals surface area contributed by atoms with Crippen molar-refractivity contribution in [2.45, 2.75) is 64.8 Å². The molecule has 1 aliphatic rings. The number of nitrogens with one attached hydrogen (secondary N) is 2. The highest BCUT2D eigenvalue weighted by Gasteiger charge is 2.38. The Labute approximate surface area is 179 Å². The molecule has 1 saturated heterocycles. The van der Waals surface area contributed by atoms with Crippen molar-refractivity contribution in [3.63, 3.8) is 0 Å². The Balaban J connectivity index is 1.79. The fourth-order valence-corrected chi connectivity index (χ4v) is 4.18. The molecular formula is C24H34N4O2. The third kappa shape index (κ3) is 4.91. The van der Waals surface area contributed by atoms with E-state index in [0.717, 1.165) is 30.4 Å². The Hall–Kier alpha value is -2.63. The Bertz CT molecular complexity index is 846. The van der Waals surface area contributed by atoms with Gasteiger partial charge in [0.2, 0.25) is 5.91 Å². The van der Waals surface area contributed by atoms with Crippen molar-refractivity contribution in [2.24, 2.45) is 5.92 Å². The highest BCUT2D eigenvalue weighted by Crippen LogP contribution is 2.30. The summed E-state index contributed by atoms with van der Waals surface area (Å²) in [6.07, 6.45) is 4.75. The van der Waals surface area contributed by atoms with Crippen LogP contribution in [0.25, 0.3) is 0 Å². The van der Waals surface area contributed by atoms with E-state index in [1.54, 1.807) is 6.20 Å². The number of likely N-dealkylation sites (tertiary alicyclic amines) is 1. The smallest absolute Gasteiger partial charge is 0.272 e. The van der Waals surface area contributed by atoms with Crippen LogP contribution in [0.1, 0.15) is 80.4 Å². The molecule has 1 fully saturated rings. The zero-order chi connectivity index (χ0) is 21.7. The number of amides is 2. The summed E-state index contributed by atoms with van der Waals surface area (Å²) in [5.74, 6) is 0.292. The molecule has 6 nitrogen and oxygen atoms in total. The van der Waals surface area contributed by atoms with Gasteiger partial charge in [-0.15, -0.1) is 0 Å².